The van der Waals surface area contributed by atoms with Crippen LogP contribution in [0.25, 0.3) is 0 Å². The van der Waals surface area contributed by atoms with E-state index < -0.39 is 0 Å². The summed E-state index contributed by atoms with van der Waals surface area (Å²) in [6, 6.07) is 7.82. The minimum Gasteiger partial charge on any atom is -0.326 e. The molecular weight excluding hydrogens is 350 g/mol. The van der Waals surface area contributed by atoms with E-state index in [1.165, 1.54) is 0 Å². The summed E-state index contributed by atoms with van der Waals surface area (Å²) in [7, 11) is 0. The zero-order chi connectivity index (χ0) is 16.1. The molecule has 2 atom stereocenters. The number of amides is 1. The first-order valence-electron chi connectivity index (χ1n) is 8.62. The van der Waals surface area contributed by atoms with Gasteiger partial charge in [-0.05, 0) is 74.6 Å². The summed E-state index contributed by atoms with van der Waals surface area (Å²) in [6.07, 6.45) is 15.9. The summed E-state index contributed by atoms with van der Waals surface area (Å²) in [5.41, 5.74) is 0.889. The third kappa shape index (κ3) is 4.57. The van der Waals surface area contributed by atoms with Gasteiger partial charge in [0.1, 0.15) is 0 Å². The Kier molecular flexibility index (Phi) is 5.71. The number of nitrogens with one attached hydrogen (secondary N) is 1. The van der Waals surface area contributed by atoms with Gasteiger partial charge in [0, 0.05) is 16.1 Å². The van der Waals surface area contributed by atoms with Crippen LogP contribution in [0.1, 0.15) is 38.5 Å². The van der Waals surface area contributed by atoms with E-state index >= 15 is 0 Å². The molecule has 2 aliphatic rings. The Morgan fingerprint density at radius 1 is 0.870 bits per heavy atom. The molecule has 0 bridgehead atoms. The Balaban J connectivity index is 1.60. The lowest BCUT2D eigenvalue weighted by molar-refractivity contribution is -0.117. The lowest BCUT2D eigenvalue weighted by Crippen LogP contribution is -2.15. The number of fused-ring (bicyclic) bond motifs is 1. The monoisotopic (exact) mass is 373 g/mol. The van der Waals surface area contributed by atoms with E-state index in [1.54, 1.807) is 0 Å². The van der Waals surface area contributed by atoms with Crippen LogP contribution in [-0.2, 0) is 4.79 Å². The molecule has 0 spiro atoms. The number of carbonyl (C=O) groups excluding carboxylic acids is 1. The first kappa shape index (κ1) is 16.5. The molecule has 3 heteroatoms. The Hall–Kier alpha value is -1.35. The van der Waals surface area contributed by atoms with Gasteiger partial charge in [0.05, 0.1) is 0 Å². The van der Waals surface area contributed by atoms with Crippen molar-refractivity contribution in [2.45, 2.75) is 38.5 Å². The van der Waals surface area contributed by atoms with Gasteiger partial charge >= 0.3 is 0 Å². The highest BCUT2D eigenvalue weighted by atomic mass is 79.9. The van der Waals surface area contributed by atoms with Gasteiger partial charge in [0.2, 0.25) is 5.91 Å². The van der Waals surface area contributed by atoms with Crippen LogP contribution >= 0.6 is 15.9 Å². The third-order valence-electron chi connectivity index (χ3n) is 4.91. The minimum absolute atomic E-state index is 0.196. The molecule has 0 saturated heterocycles. The standard InChI is InChI=1S/C20H24BrNO/c21-15-11-13-16(14-12-15)22-20(23)19-17-9-7-5-3-1-2-4-6-8-10-18(17)19/h3-6,11-14,17-19H,1-2,7-10H2,(H,22,23). The maximum atomic E-state index is 12.6. The SMILES string of the molecule is O=C(Nc1ccc(Br)cc1)C1C2CCC=CCCC=CCCC21. The summed E-state index contributed by atoms with van der Waals surface area (Å²) in [6.45, 7) is 0. The minimum atomic E-state index is 0.196. The molecule has 2 nitrogen and oxygen atoms in total. The second kappa shape index (κ2) is 7.96. The molecule has 1 amide bonds. The number of hydrogen-bond donors (Lipinski definition) is 1. The van der Waals surface area contributed by atoms with Gasteiger partial charge in [0.15, 0.2) is 0 Å². The van der Waals surface area contributed by atoms with Crippen LogP contribution in [0, 0.1) is 17.8 Å². The maximum absolute atomic E-state index is 12.6. The third-order valence-corrected chi connectivity index (χ3v) is 5.44. The molecule has 0 radical (unpaired) electrons. The first-order chi connectivity index (χ1) is 11.3. The molecule has 2 unspecified atom stereocenters. The number of rotatable bonds is 2. The Morgan fingerprint density at radius 2 is 1.39 bits per heavy atom. The Bertz CT molecular complexity index is 566. The van der Waals surface area contributed by atoms with E-state index in [0.29, 0.717) is 11.8 Å². The molecule has 1 saturated carbocycles. The molecule has 3 rings (SSSR count). The zero-order valence-electron chi connectivity index (χ0n) is 13.4. The predicted octanol–water partition coefficient (Wildman–Crippen LogP) is 5.72. The molecule has 0 aromatic heterocycles. The maximum Gasteiger partial charge on any atom is 0.228 e. The van der Waals surface area contributed by atoms with Crippen molar-refractivity contribution in [3.8, 4) is 0 Å². The van der Waals surface area contributed by atoms with Crippen LogP contribution < -0.4 is 5.32 Å². The van der Waals surface area contributed by atoms with Crippen molar-refractivity contribution < 1.29 is 4.79 Å². The van der Waals surface area contributed by atoms with Gasteiger partial charge in [-0.25, -0.2) is 0 Å². The predicted molar refractivity (Wildman–Crippen MR) is 99.2 cm³/mol. The number of allylic oxidation sites excluding steroid dienone is 4. The van der Waals surface area contributed by atoms with Gasteiger partial charge in [-0.1, -0.05) is 40.2 Å². The summed E-state index contributed by atoms with van der Waals surface area (Å²) in [5, 5.41) is 3.09. The van der Waals surface area contributed by atoms with Gasteiger partial charge in [-0.2, -0.15) is 0 Å². The second-order valence-electron chi connectivity index (χ2n) is 6.52. The summed E-state index contributed by atoms with van der Waals surface area (Å²) >= 11 is 3.42. The highest BCUT2D eigenvalue weighted by Gasteiger charge is 2.52. The number of benzene rings is 1. The van der Waals surface area contributed by atoms with Crippen molar-refractivity contribution >= 4 is 27.5 Å². The Labute approximate surface area is 147 Å². The van der Waals surface area contributed by atoms with Crippen LogP contribution in [0.4, 0.5) is 5.69 Å². The fourth-order valence-corrected chi connectivity index (χ4v) is 3.89. The number of carbonyl (C=O) groups is 1. The lowest BCUT2D eigenvalue weighted by atomic mass is 10.1. The molecule has 1 aromatic carbocycles. The first-order valence-corrected chi connectivity index (χ1v) is 9.41. The smallest absolute Gasteiger partial charge is 0.228 e. The van der Waals surface area contributed by atoms with E-state index in [2.05, 4.69) is 45.6 Å². The normalized spacial score (nSPS) is 27.4. The van der Waals surface area contributed by atoms with Crippen LogP contribution in [0.3, 0.4) is 0 Å². The van der Waals surface area contributed by atoms with Gasteiger partial charge in [-0.3, -0.25) is 4.79 Å². The molecule has 0 aliphatic heterocycles. The molecule has 1 fully saturated rings. The van der Waals surface area contributed by atoms with Crippen LogP contribution in [0.15, 0.2) is 53.0 Å². The van der Waals surface area contributed by atoms with Gasteiger partial charge < -0.3 is 5.32 Å². The topological polar surface area (TPSA) is 29.1 Å². The molecule has 2 aliphatic carbocycles. The second-order valence-corrected chi connectivity index (χ2v) is 7.44. The number of hydrogen-bond acceptors (Lipinski definition) is 1. The summed E-state index contributed by atoms with van der Waals surface area (Å²) in [5.74, 6) is 1.51. The quantitative estimate of drug-likeness (QED) is 0.660. The average Bonchev–Trinajstić information content (AvgIpc) is 3.22. The molecule has 1 aromatic rings. The van der Waals surface area contributed by atoms with Crippen molar-refractivity contribution in [3.63, 3.8) is 0 Å². The van der Waals surface area contributed by atoms with Crippen molar-refractivity contribution in [1.29, 1.82) is 0 Å². The van der Waals surface area contributed by atoms with Crippen molar-refractivity contribution in [3.05, 3.63) is 53.0 Å². The molecule has 0 heterocycles. The molecular formula is C20H24BrNO. The lowest BCUT2D eigenvalue weighted by Gasteiger charge is -2.05. The molecule has 23 heavy (non-hydrogen) atoms. The van der Waals surface area contributed by atoms with Crippen LogP contribution in [0.2, 0.25) is 0 Å². The summed E-state index contributed by atoms with van der Waals surface area (Å²) in [4.78, 5) is 12.6. The molecule has 1 N–H and O–H groups in total. The van der Waals surface area contributed by atoms with Crippen molar-refractivity contribution in [1.82, 2.24) is 0 Å². The van der Waals surface area contributed by atoms with E-state index in [4.69, 9.17) is 0 Å². The molecule has 122 valence electrons. The van der Waals surface area contributed by atoms with Gasteiger partial charge in [-0.15, -0.1) is 0 Å². The Morgan fingerprint density at radius 3 is 1.96 bits per heavy atom. The number of halogens is 1. The number of anilines is 1. The fraction of sp³-hybridized carbons (Fsp3) is 0.450. The largest absolute Gasteiger partial charge is 0.326 e. The van der Waals surface area contributed by atoms with E-state index in [0.717, 1.165) is 48.7 Å². The highest BCUT2D eigenvalue weighted by molar-refractivity contribution is 9.10. The average molecular weight is 374 g/mol. The van der Waals surface area contributed by atoms with Crippen molar-refractivity contribution in [2.24, 2.45) is 17.8 Å². The summed E-state index contributed by atoms with van der Waals surface area (Å²) < 4.78 is 1.03. The van der Waals surface area contributed by atoms with Crippen LogP contribution in [-0.4, -0.2) is 5.91 Å². The van der Waals surface area contributed by atoms with Crippen LogP contribution in [0.5, 0.6) is 0 Å². The van der Waals surface area contributed by atoms with Crippen molar-refractivity contribution in [2.75, 3.05) is 5.32 Å². The van der Waals surface area contributed by atoms with Gasteiger partial charge in [0.25, 0.3) is 0 Å². The van der Waals surface area contributed by atoms with E-state index in [1.807, 2.05) is 24.3 Å². The highest BCUT2D eigenvalue weighted by Crippen LogP contribution is 2.52. The zero-order valence-corrected chi connectivity index (χ0v) is 15.0. The van der Waals surface area contributed by atoms with E-state index in [-0.39, 0.29) is 11.8 Å². The van der Waals surface area contributed by atoms with E-state index in [9.17, 15) is 4.79 Å². The fourth-order valence-electron chi connectivity index (χ4n) is 3.62.